The summed E-state index contributed by atoms with van der Waals surface area (Å²) in [6.07, 6.45) is 10.2. The van der Waals surface area contributed by atoms with E-state index in [-0.39, 0.29) is 45.5 Å². The first kappa shape index (κ1) is 33.0. The summed E-state index contributed by atoms with van der Waals surface area (Å²) in [4.78, 5) is 25.8. The van der Waals surface area contributed by atoms with E-state index >= 15 is 0 Å². The van der Waals surface area contributed by atoms with E-state index < -0.39 is 5.97 Å². The van der Waals surface area contributed by atoms with Gasteiger partial charge in [-0.05, 0) is 103 Å². The lowest BCUT2D eigenvalue weighted by Crippen LogP contribution is -2.63. The molecule has 0 radical (unpaired) electrons. The summed E-state index contributed by atoms with van der Waals surface area (Å²) in [7, 11) is 0. The molecule has 0 amide bonds. The van der Waals surface area contributed by atoms with Gasteiger partial charge < -0.3 is 10.2 Å². The van der Waals surface area contributed by atoms with Crippen molar-refractivity contribution in [2.24, 2.45) is 51.2 Å². The van der Waals surface area contributed by atoms with Gasteiger partial charge in [0.25, 0.3) is 0 Å². The topological polar surface area (TPSA) is 74.6 Å². The maximum absolute atomic E-state index is 14.0. The predicted molar refractivity (Wildman–Crippen MR) is 158 cm³/mol. The molecule has 38 heavy (non-hydrogen) atoms. The highest BCUT2D eigenvalue weighted by Crippen LogP contribution is 2.70. The van der Waals surface area contributed by atoms with Crippen LogP contribution in [0.25, 0.3) is 0 Å². The van der Waals surface area contributed by atoms with Gasteiger partial charge in [-0.3, -0.25) is 9.59 Å². The van der Waals surface area contributed by atoms with Gasteiger partial charge in [0.1, 0.15) is 0 Å². The van der Waals surface area contributed by atoms with Crippen LogP contribution in [0.5, 0.6) is 0 Å². The van der Waals surface area contributed by atoms with E-state index in [2.05, 4.69) is 34.6 Å². The average Bonchev–Trinajstić information content (AvgIpc) is 2.89. The Balaban J connectivity index is 0.000000791. The fraction of sp³-hybridized carbons (Fsp3) is 0.882. The Bertz CT molecular complexity index is 874. The van der Waals surface area contributed by atoms with Crippen LogP contribution in [0, 0.1) is 51.2 Å². The van der Waals surface area contributed by atoms with Crippen LogP contribution in [0.1, 0.15) is 134 Å². The normalized spacial score (nSPS) is 44.3. The Morgan fingerprint density at radius 2 is 1.34 bits per heavy atom. The van der Waals surface area contributed by atoms with Gasteiger partial charge in [0.05, 0.1) is 12.0 Å². The Labute approximate surface area is 234 Å². The second kappa shape index (κ2) is 12.1. The molecule has 0 aliphatic heterocycles. The molecule has 9 unspecified atom stereocenters. The third kappa shape index (κ3) is 5.06. The molecule has 0 heterocycles. The number of carboxylic acid groups (broad SMARTS) is 1. The van der Waals surface area contributed by atoms with Crippen molar-refractivity contribution < 1.29 is 19.8 Å². The highest BCUT2D eigenvalue weighted by molar-refractivity contribution is 5.95. The molecule has 0 bridgehead atoms. The number of carbonyl (C=O) groups excluding carboxylic acids is 1. The monoisotopic (exact) mass is 532 g/mol. The zero-order chi connectivity index (χ0) is 29.3. The van der Waals surface area contributed by atoms with E-state index in [0.717, 1.165) is 51.4 Å². The minimum Gasteiger partial charge on any atom is -0.481 e. The van der Waals surface area contributed by atoms with Gasteiger partial charge in [-0.2, -0.15) is 0 Å². The standard InChI is InChI=1S/C28H42O4.3C2H6/c1-25(2)21-8-12-27(4)18-7-11-26(3)10-6-16(24(31)32)14-19(26)17(18)15-20(29)23(27)28(21,5)13-9-22(25)30;3*1-2/h15-16,18-19,21-23,30H,6-14H2,1-5H3,(H,31,32);3*1-2H3. The van der Waals surface area contributed by atoms with Crippen LogP contribution < -0.4 is 0 Å². The molecule has 4 nitrogen and oxygen atoms in total. The highest BCUT2D eigenvalue weighted by atomic mass is 16.4. The SMILES string of the molecule is CC.CC.CC.CC12CCC(C(=O)O)CC1C1=CC(=O)C3C(C)(CCC4C(C)(C)C(O)CCC43C)C1CC2. The van der Waals surface area contributed by atoms with Crippen molar-refractivity contribution >= 4 is 11.8 Å². The Kier molecular flexibility index (Phi) is 10.6. The molecule has 220 valence electrons. The highest BCUT2D eigenvalue weighted by Gasteiger charge is 2.66. The second-order valence-electron chi connectivity index (χ2n) is 13.6. The Morgan fingerprint density at radius 1 is 0.789 bits per heavy atom. The van der Waals surface area contributed by atoms with Gasteiger partial charge >= 0.3 is 5.97 Å². The minimum atomic E-state index is -0.669. The lowest BCUT2D eigenvalue weighted by molar-refractivity contribution is -0.188. The van der Waals surface area contributed by atoms with E-state index in [0.29, 0.717) is 24.0 Å². The van der Waals surface area contributed by atoms with E-state index in [4.69, 9.17) is 0 Å². The van der Waals surface area contributed by atoms with E-state index in [9.17, 15) is 19.8 Å². The number of aliphatic hydroxyl groups excluding tert-OH is 1. The largest absolute Gasteiger partial charge is 0.481 e. The molecule has 4 saturated carbocycles. The number of aliphatic hydroxyl groups is 1. The van der Waals surface area contributed by atoms with Gasteiger partial charge in [0.2, 0.25) is 0 Å². The van der Waals surface area contributed by atoms with Gasteiger partial charge in [-0.1, -0.05) is 81.7 Å². The number of allylic oxidation sites excluding steroid dienone is 2. The fourth-order valence-corrected chi connectivity index (χ4v) is 9.97. The first-order valence-corrected chi connectivity index (χ1v) is 16.0. The lowest BCUT2D eigenvalue weighted by atomic mass is 9.37. The van der Waals surface area contributed by atoms with Gasteiger partial charge in [0.15, 0.2) is 5.78 Å². The van der Waals surface area contributed by atoms with Crippen molar-refractivity contribution in [3.63, 3.8) is 0 Å². The maximum Gasteiger partial charge on any atom is 0.306 e. The van der Waals surface area contributed by atoms with Gasteiger partial charge in [-0.25, -0.2) is 0 Å². The van der Waals surface area contributed by atoms with Crippen LogP contribution in [-0.4, -0.2) is 28.1 Å². The first-order valence-electron chi connectivity index (χ1n) is 16.0. The number of hydrogen-bond donors (Lipinski definition) is 2. The molecule has 5 aliphatic rings. The smallest absolute Gasteiger partial charge is 0.306 e. The number of hydrogen-bond acceptors (Lipinski definition) is 3. The summed E-state index contributed by atoms with van der Waals surface area (Å²) in [5.41, 5.74) is 1.14. The van der Waals surface area contributed by atoms with E-state index in [1.807, 2.05) is 47.6 Å². The lowest BCUT2D eigenvalue weighted by Gasteiger charge is -2.67. The molecule has 5 rings (SSSR count). The molecule has 5 aliphatic carbocycles. The zero-order valence-electron chi connectivity index (χ0n) is 26.6. The van der Waals surface area contributed by atoms with Crippen LogP contribution in [0.4, 0.5) is 0 Å². The number of ketones is 1. The van der Waals surface area contributed by atoms with Crippen LogP contribution in [0.3, 0.4) is 0 Å². The minimum absolute atomic E-state index is 0.0116. The molecule has 9 atom stereocenters. The van der Waals surface area contributed by atoms with Crippen molar-refractivity contribution in [3.8, 4) is 0 Å². The number of carboxylic acids is 1. The van der Waals surface area contributed by atoms with Gasteiger partial charge in [-0.15, -0.1) is 0 Å². The predicted octanol–water partition coefficient (Wildman–Crippen LogP) is 8.71. The van der Waals surface area contributed by atoms with Crippen LogP contribution in [0.2, 0.25) is 0 Å². The Hall–Kier alpha value is -1.16. The number of carbonyl (C=O) groups is 2. The summed E-state index contributed by atoms with van der Waals surface area (Å²) in [6, 6.07) is 0. The third-order valence-electron chi connectivity index (χ3n) is 11.8. The zero-order valence-corrected chi connectivity index (χ0v) is 26.6. The molecule has 0 aromatic carbocycles. The second-order valence-corrected chi connectivity index (χ2v) is 13.6. The van der Waals surface area contributed by atoms with Crippen LogP contribution in [-0.2, 0) is 9.59 Å². The van der Waals surface area contributed by atoms with Crippen molar-refractivity contribution in [2.75, 3.05) is 0 Å². The molecule has 0 aromatic rings. The van der Waals surface area contributed by atoms with Crippen molar-refractivity contribution in [1.82, 2.24) is 0 Å². The van der Waals surface area contributed by atoms with Crippen molar-refractivity contribution in [1.29, 1.82) is 0 Å². The molecule has 0 aromatic heterocycles. The van der Waals surface area contributed by atoms with E-state index in [1.54, 1.807) is 0 Å². The van der Waals surface area contributed by atoms with Crippen molar-refractivity contribution in [2.45, 2.75) is 140 Å². The molecule has 0 spiro atoms. The summed E-state index contributed by atoms with van der Waals surface area (Å²) in [5.74, 6) is 0.337. The molecule has 4 heteroatoms. The molecule has 2 N–H and O–H groups in total. The van der Waals surface area contributed by atoms with Gasteiger partial charge in [0, 0.05) is 5.92 Å². The quantitative estimate of drug-likeness (QED) is 0.354. The molecular formula is C34H60O4. The summed E-state index contributed by atoms with van der Waals surface area (Å²) in [5, 5.41) is 20.5. The number of aliphatic carboxylic acids is 1. The fourth-order valence-electron chi connectivity index (χ4n) is 9.97. The van der Waals surface area contributed by atoms with Crippen LogP contribution >= 0.6 is 0 Å². The van der Waals surface area contributed by atoms with Crippen molar-refractivity contribution in [3.05, 3.63) is 11.6 Å². The summed E-state index contributed by atoms with van der Waals surface area (Å²) in [6.45, 7) is 23.5. The third-order valence-corrected chi connectivity index (χ3v) is 11.8. The molecular weight excluding hydrogens is 472 g/mol. The Morgan fingerprint density at radius 3 is 1.92 bits per heavy atom. The number of rotatable bonds is 1. The van der Waals surface area contributed by atoms with Crippen LogP contribution in [0.15, 0.2) is 11.6 Å². The van der Waals surface area contributed by atoms with E-state index in [1.165, 1.54) is 5.57 Å². The maximum atomic E-state index is 14.0. The molecule has 4 fully saturated rings. The first-order chi connectivity index (χ1) is 17.8. The summed E-state index contributed by atoms with van der Waals surface area (Å²) < 4.78 is 0. The number of fused-ring (bicyclic) bond motifs is 7. The molecule has 0 saturated heterocycles. The average molecular weight is 533 g/mol. The summed E-state index contributed by atoms with van der Waals surface area (Å²) >= 11 is 0.